The Morgan fingerprint density at radius 2 is 2.17 bits per heavy atom. The van der Waals surface area contributed by atoms with Crippen molar-refractivity contribution in [3.05, 3.63) is 12.7 Å². The zero-order chi connectivity index (χ0) is 9.61. The first-order valence-electron chi connectivity index (χ1n) is 4.48. The maximum Gasteiger partial charge on any atom is 0.0797 e. The minimum absolute atomic E-state index is 0.232. The molecule has 0 aromatic carbocycles. The third-order valence-corrected chi connectivity index (χ3v) is 2.13. The first-order chi connectivity index (χ1) is 5.52. The van der Waals surface area contributed by atoms with Crippen molar-refractivity contribution in [1.82, 2.24) is 0 Å². The summed E-state index contributed by atoms with van der Waals surface area (Å²) in [7, 11) is 0. The van der Waals surface area contributed by atoms with Crippen LogP contribution < -0.4 is 0 Å². The highest BCUT2D eigenvalue weighted by molar-refractivity contribution is 4.91. The van der Waals surface area contributed by atoms with Gasteiger partial charge < -0.3 is 10.2 Å². The summed E-state index contributed by atoms with van der Waals surface area (Å²) in [6, 6.07) is 0. The van der Waals surface area contributed by atoms with E-state index in [1.807, 2.05) is 6.92 Å². The van der Waals surface area contributed by atoms with Crippen molar-refractivity contribution >= 4 is 0 Å². The van der Waals surface area contributed by atoms with E-state index < -0.39 is 5.60 Å². The fraction of sp³-hybridized carbons (Fsp3) is 0.800. The van der Waals surface area contributed by atoms with Gasteiger partial charge in [0.05, 0.1) is 5.60 Å². The predicted octanol–water partition coefficient (Wildman–Crippen LogP) is 1.72. The van der Waals surface area contributed by atoms with Gasteiger partial charge in [-0.2, -0.15) is 0 Å². The van der Waals surface area contributed by atoms with Gasteiger partial charge in [-0.25, -0.2) is 0 Å². The number of hydrogen-bond donors (Lipinski definition) is 2. The van der Waals surface area contributed by atoms with E-state index in [1.165, 1.54) is 0 Å². The minimum atomic E-state index is -0.741. The van der Waals surface area contributed by atoms with Crippen LogP contribution in [0.3, 0.4) is 0 Å². The quantitative estimate of drug-likeness (QED) is 0.599. The van der Waals surface area contributed by atoms with E-state index >= 15 is 0 Å². The van der Waals surface area contributed by atoms with Crippen molar-refractivity contribution in [3.63, 3.8) is 0 Å². The summed E-state index contributed by atoms with van der Waals surface area (Å²) in [5, 5.41) is 18.3. The van der Waals surface area contributed by atoms with Gasteiger partial charge in [0.25, 0.3) is 0 Å². The minimum Gasteiger partial charge on any atom is -0.396 e. The highest BCUT2D eigenvalue weighted by Gasteiger charge is 2.14. The number of aliphatic hydroxyl groups is 2. The third kappa shape index (κ3) is 5.33. The van der Waals surface area contributed by atoms with Gasteiger partial charge in [-0.3, -0.25) is 0 Å². The molecule has 0 fully saturated rings. The Bertz CT molecular complexity index is 130. The highest BCUT2D eigenvalue weighted by atomic mass is 16.3. The molecule has 2 N–H and O–H groups in total. The molecule has 0 spiro atoms. The molecule has 0 aliphatic rings. The smallest absolute Gasteiger partial charge is 0.0797 e. The summed E-state index contributed by atoms with van der Waals surface area (Å²) in [6.07, 6.45) is 4.18. The van der Waals surface area contributed by atoms with Crippen LogP contribution in [0.15, 0.2) is 12.7 Å². The second-order valence-corrected chi connectivity index (χ2v) is 3.74. The Morgan fingerprint density at radius 1 is 1.58 bits per heavy atom. The molecule has 0 amide bonds. The zero-order valence-electron chi connectivity index (χ0n) is 8.08. The van der Waals surface area contributed by atoms with Crippen LogP contribution in [-0.2, 0) is 0 Å². The lowest BCUT2D eigenvalue weighted by Crippen LogP contribution is -2.20. The largest absolute Gasteiger partial charge is 0.396 e. The Labute approximate surface area is 74.9 Å². The Balaban J connectivity index is 3.49. The van der Waals surface area contributed by atoms with Crippen LogP contribution in [0.2, 0.25) is 0 Å². The summed E-state index contributed by atoms with van der Waals surface area (Å²) in [6.45, 7) is 7.54. The van der Waals surface area contributed by atoms with Crippen LogP contribution in [0.25, 0.3) is 0 Å². The maximum absolute atomic E-state index is 9.53. The summed E-state index contributed by atoms with van der Waals surface area (Å²) in [5.74, 6) is 0.339. The molecule has 0 aliphatic carbocycles. The van der Waals surface area contributed by atoms with Crippen molar-refractivity contribution in [3.8, 4) is 0 Å². The van der Waals surface area contributed by atoms with Gasteiger partial charge in [0.1, 0.15) is 0 Å². The molecular weight excluding hydrogens is 152 g/mol. The number of aliphatic hydroxyl groups excluding tert-OH is 1. The molecule has 0 radical (unpaired) electrons. The Morgan fingerprint density at radius 3 is 2.58 bits per heavy atom. The molecule has 72 valence electrons. The van der Waals surface area contributed by atoms with Gasteiger partial charge >= 0.3 is 0 Å². The predicted molar refractivity (Wildman–Crippen MR) is 50.9 cm³/mol. The topological polar surface area (TPSA) is 40.5 Å². The third-order valence-electron chi connectivity index (χ3n) is 2.13. The van der Waals surface area contributed by atoms with Crippen LogP contribution in [0.1, 0.15) is 33.1 Å². The summed E-state index contributed by atoms with van der Waals surface area (Å²) >= 11 is 0. The lowest BCUT2D eigenvalue weighted by atomic mass is 9.96. The number of hydrogen-bond acceptors (Lipinski definition) is 2. The van der Waals surface area contributed by atoms with E-state index in [0.29, 0.717) is 5.92 Å². The Kier molecular flexibility index (Phi) is 5.18. The molecule has 0 rings (SSSR count). The lowest BCUT2D eigenvalue weighted by Gasteiger charge is -2.18. The van der Waals surface area contributed by atoms with E-state index in [2.05, 4.69) is 6.58 Å². The van der Waals surface area contributed by atoms with Crippen LogP contribution in [0, 0.1) is 5.92 Å². The van der Waals surface area contributed by atoms with E-state index in [4.69, 9.17) is 5.11 Å². The highest BCUT2D eigenvalue weighted by Crippen LogP contribution is 2.16. The molecule has 2 atom stereocenters. The summed E-state index contributed by atoms with van der Waals surface area (Å²) < 4.78 is 0. The molecule has 12 heavy (non-hydrogen) atoms. The van der Waals surface area contributed by atoms with E-state index in [9.17, 15) is 5.11 Å². The first kappa shape index (κ1) is 11.7. The van der Waals surface area contributed by atoms with E-state index in [-0.39, 0.29) is 6.61 Å². The normalized spacial score (nSPS) is 18.3. The molecule has 0 unspecified atom stereocenters. The first-order valence-corrected chi connectivity index (χ1v) is 4.48. The molecule has 0 heterocycles. The standard InChI is InChI=1S/C10H20O2/c1-4-10(3,12)7-5-6-9(2)8-11/h4,9,11-12H,1,5-8H2,2-3H3/t9-,10-/m0/s1. The van der Waals surface area contributed by atoms with Gasteiger partial charge in [0, 0.05) is 6.61 Å². The molecule has 0 saturated heterocycles. The molecule has 2 nitrogen and oxygen atoms in total. The molecule has 0 saturated carbocycles. The summed E-state index contributed by atoms with van der Waals surface area (Å²) in [4.78, 5) is 0. The van der Waals surface area contributed by atoms with E-state index in [0.717, 1.165) is 19.3 Å². The molecular formula is C10H20O2. The SMILES string of the molecule is C=C[C@](C)(O)CCC[C@H](C)CO. The molecule has 0 aliphatic heterocycles. The van der Waals surface area contributed by atoms with Crippen LogP contribution >= 0.6 is 0 Å². The maximum atomic E-state index is 9.53. The average Bonchev–Trinajstić information content (AvgIpc) is 2.04. The van der Waals surface area contributed by atoms with Crippen molar-refractivity contribution in [2.75, 3.05) is 6.61 Å². The monoisotopic (exact) mass is 172 g/mol. The van der Waals surface area contributed by atoms with Gasteiger partial charge in [0.2, 0.25) is 0 Å². The van der Waals surface area contributed by atoms with Crippen molar-refractivity contribution in [1.29, 1.82) is 0 Å². The summed E-state index contributed by atoms with van der Waals surface area (Å²) in [5.41, 5.74) is -0.741. The zero-order valence-corrected chi connectivity index (χ0v) is 8.08. The van der Waals surface area contributed by atoms with Crippen LogP contribution in [0.5, 0.6) is 0 Å². The second-order valence-electron chi connectivity index (χ2n) is 3.74. The van der Waals surface area contributed by atoms with Gasteiger partial charge in [-0.15, -0.1) is 6.58 Å². The van der Waals surface area contributed by atoms with Crippen molar-refractivity contribution in [2.24, 2.45) is 5.92 Å². The Hall–Kier alpha value is -0.340. The molecule has 0 aromatic heterocycles. The molecule has 0 bridgehead atoms. The van der Waals surface area contributed by atoms with Gasteiger partial charge in [-0.05, 0) is 32.1 Å². The van der Waals surface area contributed by atoms with Gasteiger partial charge in [0.15, 0.2) is 0 Å². The van der Waals surface area contributed by atoms with Crippen molar-refractivity contribution in [2.45, 2.75) is 38.7 Å². The molecule has 2 heteroatoms. The molecule has 0 aromatic rings. The fourth-order valence-electron chi connectivity index (χ4n) is 1.00. The fourth-order valence-corrected chi connectivity index (χ4v) is 1.00. The van der Waals surface area contributed by atoms with E-state index in [1.54, 1.807) is 13.0 Å². The van der Waals surface area contributed by atoms with Crippen LogP contribution in [0.4, 0.5) is 0 Å². The van der Waals surface area contributed by atoms with Crippen molar-refractivity contribution < 1.29 is 10.2 Å². The second kappa shape index (κ2) is 5.33. The number of rotatable bonds is 6. The lowest BCUT2D eigenvalue weighted by molar-refractivity contribution is 0.0958. The van der Waals surface area contributed by atoms with Crippen LogP contribution in [-0.4, -0.2) is 22.4 Å². The van der Waals surface area contributed by atoms with Gasteiger partial charge in [-0.1, -0.05) is 13.0 Å². The average molecular weight is 172 g/mol.